The van der Waals surface area contributed by atoms with Gasteiger partial charge in [-0.05, 0) is 12.0 Å². The molecule has 4 rings (SSSR count). The molecule has 4 atom stereocenters. The van der Waals surface area contributed by atoms with E-state index < -0.39 is 31.1 Å². The Bertz CT molecular complexity index is 979. The zero-order chi connectivity index (χ0) is 23.5. The van der Waals surface area contributed by atoms with Gasteiger partial charge in [-0.15, -0.1) is 0 Å². The summed E-state index contributed by atoms with van der Waals surface area (Å²) in [6, 6.07) is 9.94. The number of aliphatic hydroxyl groups is 3. The van der Waals surface area contributed by atoms with Crippen molar-refractivity contribution in [3.05, 3.63) is 35.9 Å². The number of hydrazine groups is 1. The molecule has 2 aromatic rings. The first-order chi connectivity index (χ1) is 15.9. The van der Waals surface area contributed by atoms with Crippen molar-refractivity contribution in [2.24, 2.45) is 0 Å². The average Bonchev–Trinajstić information content (AvgIpc) is 3.31. The van der Waals surface area contributed by atoms with Crippen LogP contribution in [0.2, 0.25) is 0 Å². The van der Waals surface area contributed by atoms with Gasteiger partial charge in [0.2, 0.25) is 11.9 Å². The van der Waals surface area contributed by atoms with Gasteiger partial charge in [-0.2, -0.15) is 9.97 Å². The van der Waals surface area contributed by atoms with Crippen LogP contribution in [0.25, 0.3) is 0 Å². The van der Waals surface area contributed by atoms with E-state index in [4.69, 9.17) is 10.5 Å². The van der Waals surface area contributed by atoms with Gasteiger partial charge < -0.3 is 36.0 Å². The first-order valence-corrected chi connectivity index (χ1v) is 10.8. The number of ether oxygens (including phenoxy) is 1. The van der Waals surface area contributed by atoms with Crippen molar-refractivity contribution in [2.45, 2.75) is 44.3 Å². The predicted molar refractivity (Wildman–Crippen MR) is 121 cm³/mol. The average molecular weight is 460 g/mol. The monoisotopic (exact) mass is 459 g/mol. The molecule has 1 fully saturated rings. The predicted octanol–water partition coefficient (Wildman–Crippen LogP) is -0.822. The van der Waals surface area contributed by atoms with Crippen molar-refractivity contribution in [1.82, 2.24) is 15.4 Å². The Labute approximate surface area is 191 Å². The second-order valence-electron chi connectivity index (χ2n) is 7.92. The number of fused-ring (bicyclic) bond motifs is 1. The third kappa shape index (κ3) is 4.64. The maximum absolute atomic E-state index is 12.1. The zero-order valence-corrected chi connectivity index (χ0v) is 18.3. The SMILES string of the molecule is CCC(=O)NN1CN([C@@H]2O[C@H](CO)C(O)C2O)c2nc(NCCc3ccccc3)nc(N)c21. The topological polar surface area (TPSA) is 169 Å². The lowest BCUT2D eigenvalue weighted by Gasteiger charge is -2.28. The number of benzene rings is 1. The van der Waals surface area contributed by atoms with Gasteiger partial charge in [-0.25, -0.2) is 0 Å². The van der Waals surface area contributed by atoms with Gasteiger partial charge in [-0.3, -0.25) is 15.2 Å². The molecule has 1 saturated heterocycles. The minimum absolute atomic E-state index is 0.0556. The van der Waals surface area contributed by atoms with Gasteiger partial charge in [0.15, 0.2) is 17.9 Å². The Morgan fingerprint density at radius 2 is 2.00 bits per heavy atom. The molecule has 2 unspecified atom stereocenters. The number of aliphatic hydroxyl groups excluding tert-OH is 3. The number of carbonyl (C=O) groups excluding carboxylic acids is 1. The molecule has 0 bridgehead atoms. The van der Waals surface area contributed by atoms with Gasteiger partial charge in [0.1, 0.15) is 30.7 Å². The summed E-state index contributed by atoms with van der Waals surface area (Å²) in [4.78, 5) is 22.5. The summed E-state index contributed by atoms with van der Waals surface area (Å²) in [7, 11) is 0. The van der Waals surface area contributed by atoms with E-state index in [2.05, 4.69) is 20.7 Å². The summed E-state index contributed by atoms with van der Waals surface area (Å²) in [5.74, 6) is 0.500. The van der Waals surface area contributed by atoms with Crippen molar-refractivity contribution in [3.63, 3.8) is 0 Å². The number of nitrogens with one attached hydrogen (secondary N) is 2. The number of hydrogen-bond acceptors (Lipinski definition) is 11. The maximum Gasteiger partial charge on any atom is 0.238 e. The molecular weight excluding hydrogens is 430 g/mol. The van der Waals surface area contributed by atoms with E-state index in [1.54, 1.807) is 11.8 Å². The lowest BCUT2D eigenvalue weighted by atomic mass is 10.1. The largest absolute Gasteiger partial charge is 0.394 e. The van der Waals surface area contributed by atoms with E-state index in [-0.39, 0.29) is 30.8 Å². The van der Waals surface area contributed by atoms with E-state index in [9.17, 15) is 20.1 Å². The molecule has 12 nitrogen and oxygen atoms in total. The van der Waals surface area contributed by atoms with Crippen LogP contribution in [0.15, 0.2) is 30.3 Å². The summed E-state index contributed by atoms with van der Waals surface area (Å²) in [5, 5.41) is 34.8. The van der Waals surface area contributed by atoms with E-state index in [0.29, 0.717) is 18.1 Å². The van der Waals surface area contributed by atoms with Crippen LogP contribution in [-0.4, -0.2) is 75.6 Å². The summed E-state index contributed by atoms with van der Waals surface area (Å²) >= 11 is 0. The highest BCUT2D eigenvalue weighted by Gasteiger charge is 2.49. The second-order valence-corrected chi connectivity index (χ2v) is 7.92. The number of carbonyl (C=O) groups is 1. The second kappa shape index (κ2) is 9.75. The Hall–Kier alpha value is -3.19. The standard InChI is InChI=1S/C21H29N7O5/c1-2-14(30)26-28-11-27(20-17(32)16(31)13(10-29)33-20)19-15(28)18(22)24-21(25-19)23-9-8-12-6-4-3-5-7-12/h3-7,13,16-17,20,29,31-32H,2,8-11H2,1H3,(H,26,30)(H3,22,23,24,25)/t13-,16?,17?,20-/m1/s1. The van der Waals surface area contributed by atoms with Crippen molar-refractivity contribution >= 4 is 29.2 Å². The molecule has 1 aromatic heterocycles. The maximum atomic E-state index is 12.1. The molecule has 0 radical (unpaired) electrons. The zero-order valence-electron chi connectivity index (χ0n) is 18.3. The van der Waals surface area contributed by atoms with Crippen LogP contribution in [0.1, 0.15) is 18.9 Å². The van der Waals surface area contributed by atoms with Crippen LogP contribution < -0.4 is 26.4 Å². The fourth-order valence-corrected chi connectivity index (χ4v) is 3.91. The van der Waals surface area contributed by atoms with Crippen LogP contribution in [0.5, 0.6) is 0 Å². The molecule has 0 spiro atoms. The third-order valence-corrected chi connectivity index (χ3v) is 5.67. The number of aromatic nitrogens is 2. The fourth-order valence-electron chi connectivity index (χ4n) is 3.91. The fraction of sp³-hybridized carbons (Fsp3) is 0.476. The molecule has 1 aromatic carbocycles. The van der Waals surface area contributed by atoms with Crippen LogP contribution in [-0.2, 0) is 16.0 Å². The number of nitrogens with zero attached hydrogens (tertiary/aromatic N) is 4. The van der Waals surface area contributed by atoms with Crippen molar-refractivity contribution in [1.29, 1.82) is 0 Å². The van der Waals surface area contributed by atoms with Gasteiger partial charge in [0.25, 0.3) is 0 Å². The molecule has 12 heteroatoms. The van der Waals surface area contributed by atoms with E-state index in [0.717, 1.165) is 12.0 Å². The normalized spacial score (nSPS) is 24.1. The van der Waals surface area contributed by atoms with Crippen LogP contribution >= 0.6 is 0 Å². The van der Waals surface area contributed by atoms with Crippen molar-refractivity contribution < 1.29 is 24.9 Å². The molecule has 0 saturated carbocycles. The number of hydrogen-bond donors (Lipinski definition) is 6. The van der Waals surface area contributed by atoms with Crippen molar-refractivity contribution in [2.75, 3.05) is 40.8 Å². The Balaban J connectivity index is 1.59. The highest BCUT2D eigenvalue weighted by atomic mass is 16.6. The van der Waals surface area contributed by atoms with Crippen molar-refractivity contribution in [3.8, 4) is 0 Å². The Morgan fingerprint density at radius 3 is 2.67 bits per heavy atom. The number of anilines is 4. The highest BCUT2D eigenvalue weighted by molar-refractivity contribution is 5.86. The minimum atomic E-state index is -1.30. The third-order valence-electron chi connectivity index (χ3n) is 5.67. The lowest BCUT2D eigenvalue weighted by Crippen LogP contribution is -2.50. The quantitative estimate of drug-likeness (QED) is 0.291. The summed E-state index contributed by atoms with van der Waals surface area (Å²) in [6.45, 7) is 1.88. The first-order valence-electron chi connectivity index (χ1n) is 10.8. The molecule has 1 amide bonds. The Morgan fingerprint density at radius 1 is 1.24 bits per heavy atom. The van der Waals surface area contributed by atoms with Gasteiger partial charge in [0, 0.05) is 13.0 Å². The van der Waals surface area contributed by atoms with Crippen LogP contribution in [0.4, 0.5) is 23.3 Å². The number of amides is 1. The molecule has 3 heterocycles. The number of nitrogens with two attached hydrogens (primary N) is 1. The van der Waals surface area contributed by atoms with E-state index >= 15 is 0 Å². The first kappa shape index (κ1) is 23.0. The molecule has 2 aliphatic rings. The Kier molecular flexibility index (Phi) is 6.79. The van der Waals surface area contributed by atoms with E-state index in [1.165, 1.54) is 5.01 Å². The van der Waals surface area contributed by atoms with Gasteiger partial charge >= 0.3 is 0 Å². The summed E-state index contributed by atoms with van der Waals surface area (Å²) < 4.78 is 5.69. The lowest BCUT2D eigenvalue weighted by molar-refractivity contribution is -0.120. The van der Waals surface area contributed by atoms with Crippen LogP contribution in [0.3, 0.4) is 0 Å². The van der Waals surface area contributed by atoms with Gasteiger partial charge in [0.05, 0.1) is 6.61 Å². The number of rotatable bonds is 8. The van der Waals surface area contributed by atoms with Gasteiger partial charge in [-0.1, -0.05) is 37.3 Å². The molecule has 33 heavy (non-hydrogen) atoms. The highest BCUT2D eigenvalue weighted by Crippen LogP contribution is 2.41. The smallest absolute Gasteiger partial charge is 0.238 e. The molecular formula is C21H29N7O5. The van der Waals surface area contributed by atoms with Crippen LogP contribution in [0, 0.1) is 0 Å². The molecule has 2 aliphatic heterocycles. The minimum Gasteiger partial charge on any atom is -0.394 e. The molecule has 0 aliphatic carbocycles. The molecule has 7 N–H and O–H groups in total. The molecule has 178 valence electrons. The summed E-state index contributed by atoms with van der Waals surface area (Å²) in [5.41, 5.74) is 10.5. The number of nitrogen functional groups attached to an aromatic ring is 1. The van der Waals surface area contributed by atoms with E-state index in [1.807, 2.05) is 30.3 Å². The summed E-state index contributed by atoms with van der Waals surface area (Å²) in [6.07, 6.45) is -3.54.